The number of likely N-dealkylation sites (tertiary alicyclic amines) is 1. The van der Waals surface area contributed by atoms with Gasteiger partial charge in [0, 0.05) is 39.3 Å². The van der Waals surface area contributed by atoms with E-state index >= 15 is 0 Å². The largest absolute Gasteiger partial charge is 0.435 e. The lowest BCUT2D eigenvalue weighted by atomic mass is 10.2. The van der Waals surface area contributed by atoms with Crippen LogP contribution in [0.5, 0.6) is 5.75 Å². The Balaban J connectivity index is 1.91. The number of hydrogen-bond donors (Lipinski definition) is 1. The van der Waals surface area contributed by atoms with Gasteiger partial charge in [0.2, 0.25) is 0 Å². The second-order valence-corrected chi connectivity index (χ2v) is 6.66. The summed E-state index contributed by atoms with van der Waals surface area (Å²) in [5.74, 6) is 0.673. The van der Waals surface area contributed by atoms with E-state index in [1.165, 1.54) is 17.0 Å². The van der Waals surface area contributed by atoms with Gasteiger partial charge in [-0.2, -0.15) is 22.0 Å². The number of rotatable bonds is 7. The molecule has 0 spiro atoms. The van der Waals surface area contributed by atoms with Crippen LogP contribution in [0.1, 0.15) is 18.9 Å². The molecular weight excluding hydrogens is 383 g/mol. The summed E-state index contributed by atoms with van der Waals surface area (Å²) in [7, 11) is 1.81. The molecule has 0 aliphatic carbocycles. The molecule has 0 radical (unpaired) electrons. The maximum Gasteiger partial charge on any atom is 0.401 e. The number of ether oxygens (including phenoxy) is 1. The first kappa shape index (κ1) is 22.2. The summed E-state index contributed by atoms with van der Waals surface area (Å²) in [6, 6.07) is 6.17. The Hall–Kier alpha value is -2.10. The molecule has 0 aromatic heterocycles. The average molecular weight is 408 g/mol. The monoisotopic (exact) mass is 408 g/mol. The first-order valence-electron chi connectivity index (χ1n) is 9.01. The molecule has 1 aliphatic rings. The van der Waals surface area contributed by atoms with Gasteiger partial charge in [-0.1, -0.05) is 12.1 Å². The van der Waals surface area contributed by atoms with Crippen molar-refractivity contribution in [3.05, 3.63) is 29.8 Å². The lowest BCUT2D eigenvalue weighted by Crippen LogP contribution is -2.45. The highest BCUT2D eigenvalue weighted by molar-refractivity contribution is 5.80. The van der Waals surface area contributed by atoms with Crippen molar-refractivity contribution < 1.29 is 26.7 Å². The van der Waals surface area contributed by atoms with Crippen LogP contribution in [-0.2, 0) is 6.54 Å². The van der Waals surface area contributed by atoms with Crippen LogP contribution in [0.4, 0.5) is 22.0 Å². The Morgan fingerprint density at radius 3 is 2.57 bits per heavy atom. The molecule has 1 N–H and O–H groups in total. The molecular formula is C18H25F5N4O. The smallest absolute Gasteiger partial charge is 0.401 e. The number of hydrogen-bond acceptors (Lipinski definition) is 3. The number of aliphatic imine (C=N–C) groups is 1. The van der Waals surface area contributed by atoms with Crippen LogP contribution in [-0.4, -0.2) is 67.8 Å². The first-order valence-corrected chi connectivity index (χ1v) is 9.01. The average Bonchev–Trinajstić information content (AvgIpc) is 3.00. The standard InChI is InChI=1S/C18H25F5N4O/c1-3-24-17(25-14-8-9-27(11-14)12-18(21,22)23)26(2)10-13-4-6-15(7-5-13)28-16(19)20/h4-7,14,16H,3,8-12H2,1-2H3,(H,24,25). The molecule has 28 heavy (non-hydrogen) atoms. The van der Waals surface area contributed by atoms with E-state index in [9.17, 15) is 22.0 Å². The second-order valence-electron chi connectivity index (χ2n) is 6.66. The highest BCUT2D eigenvalue weighted by Gasteiger charge is 2.34. The summed E-state index contributed by atoms with van der Waals surface area (Å²) >= 11 is 0. The van der Waals surface area contributed by atoms with E-state index in [0.717, 1.165) is 5.56 Å². The SMILES string of the molecule is CCN=C(NC1CCN(CC(F)(F)F)C1)N(C)Cc1ccc(OC(F)F)cc1. The van der Waals surface area contributed by atoms with Crippen LogP contribution >= 0.6 is 0 Å². The molecule has 0 amide bonds. The summed E-state index contributed by atoms with van der Waals surface area (Å²) in [5.41, 5.74) is 0.861. The minimum atomic E-state index is -4.20. The van der Waals surface area contributed by atoms with Crippen LogP contribution in [0.15, 0.2) is 29.3 Å². The number of halogens is 5. The van der Waals surface area contributed by atoms with Crippen molar-refractivity contribution in [2.75, 3.05) is 33.2 Å². The molecule has 1 aromatic carbocycles. The van der Waals surface area contributed by atoms with Gasteiger partial charge in [-0.05, 0) is 31.0 Å². The lowest BCUT2D eigenvalue weighted by Gasteiger charge is -2.26. The normalized spacial score (nSPS) is 18.6. The highest BCUT2D eigenvalue weighted by atomic mass is 19.4. The molecule has 0 bridgehead atoms. The predicted octanol–water partition coefficient (Wildman–Crippen LogP) is 3.32. The minimum absolute atomic E-state index is 0.0812. The Bertz CT molecular complexity index is 636. The van der Waals surface area contributed by atoms with Crippen molar-refractivity contribution in [3.8, 4) is 5.75 Å². The Morgan fingerprint density at radius 2 is 2.00 bits per heavy atom. The van der Waals surface area contributed by atoms with Gasteiger partial charge in [-0.3, -0.25) is 9.89 Å². The van der Waals surface area contributed by atoms with Crippen LogP contribution in [0.2, 0.25) is 0 Å². The second kappa shape index (κ2) is 9.90. The lowest BCUT2D eigenvalue weighted by molar-refractivity contribution is -0.143. The summed E-state index contributed by atoms with van der Waals surface area (Å²) < 4.78 is 66.4. The van der Waals surface area contributed by atoms with E-state index < -0.39 is 19.3 Å². The molecule has 158 valence electrons. The quantitative estimate of drug-likeness (QED) is 0.427. The van der Waals surface area contributed by atoms with E-state index in [1.54, 1.807) is 12.1 Å². The Kier molecular flexibility index (Phi) is 7.85. The maximum absolute atomic E-state index is 12.5. The van der Waals surface area contributed by atoms with Crippen LogP contribution in [0.25, 0.3) is 0 Å². The van der Waals surface area contributed by atoms with Crippen molar-refractivity contribution in [2.45, 2.75) is 38.7 Å². The molecule has 0 saturated carbocycles. The zero-order valence-electron chi connectivity index (χ0n) is 15.8. The molecule has 1 atom stereocenters. The number of nitrogens with zero attached hydrogens (tertiary/aromatic N) is 3. The molecule has 1 fully saturated rings. The molecule has 10 heteroatoms. The summed E-state index contributed by atoms with van der Waals surface area (Å²) in [6.45, 7) is -0.247. The number of benzene rings is 1. The van der Waals surface area contributed by atoms with E-state index in [-0.39, 0.29) is 11.8 Å². The van der Waals surface area contributed by atoms with E-state index in [4.69, 9.17) is 0 Å². The molecule has 1 heterocycles. The van der Waals surface area contributed by atoms with Crippen molar-refractivity contribution in [3.63, 3.8) is 0 Å². The van der Waals surface area contributed by atoms with Crippen LogP contribution in [0.3, 0.4) is 0 Å². The zero-order valence-corrected chi connectivity index (χ0v) is 15.8. The third kappa shape index (κ3) is 7.49. The minimum Gasteiger partial charge on any atom is -0.435 e. The van der Waals surface area contributed by atoms with Gasteiger partial charge in [-0.25, -0.2) is 0 Å². The Morgan fingerprint density at radius 1 is 1.32 bits per heavy atom. The van der Waals surface area contributed by atoms with Crippen molar-refractivity contribution in [2.24, 2.45) is 4.99 Å². The van der Waals surface area contributed by atoms with Crippen molar-refractivity contribution in [1.82, 2.24) is 15.1 Å². The van der Waals surface area contributed by atoms with E-state index in [2.05, 4.69) is 15.0 Å². The van der Waals surface area contributed by atoms with Gasteiger partial charge >= 0.3 is 12.8 Å². The fourth-order valence-electron chi connectivity index (χ4n) is 3.08. The topological polar surface area (TPSA) is 40.1 Å². The third-order valence-electron chi connectivity index (χ3n) is 4.25. The van der Waals surface area contributed by atoms with Gasteiger partial charge in [0.15, 0.2) is 5.96 Å². The van der Waals surface area contributed by atoms with Gasteiger partial charge in [0.25, 0.3) is 0 Å². The van der Waals surface area contributed by atoms with Gasteiger partial charge in [0.05, 0.1) is 6.54 Å². The van der Waals surface area contributed by atoms with Gasteiger partial charge < -0.3 is 15.0 Å². The molecule has 1 saturated heterocycles. The predicted molar refractivity (Wildman–Crippen MR) is 96.6 cm³/mol. The molecule has 5 nitrogen and oxygen atoms in total. The first-order chi connectivity index (χ1) is 13.2. The maximum atomic E-state index is 12.5. The molecule has 2 rings (SSSR count). The molecule has 1 aromatic rings. The Labute approximate surface area is 161 Å². The number of nitrogens with one attached hydrogen (secondary N) is 1. The highest BCUT2D eigenvalue weighted by Crippen LogP contribution is 2.20. The fourth-order valence-corrected chi connectivity index (χ4v) is 3.08. The zero-order chi connectivity index (χ0) is 20.7. The summed E-state index contributed by atoms with van der Waals surface area (Å²) in [6.07, 6.45) is -3.60. The molecule has 1 aliphatic heterocycles. The number of guanidine groups is 1. The summed E-state index contributed by atoms with van der Waals surface area (Å²) in [5, 5.41) is 3.23. The van der Waals surface area contributed by atoms with Crippen LogP contribution < -0.4 is 10.1 Å². The van der Waals surface area contributed by atoms with Crippen molar-refractivity contribution in [1.29, 1.82) is 0 Å². The van der Waals surface area contributed by atoms with Gasteiger partial charge in [0.1, 0.15) is 5.75 Å². The van der Waals surface area contributed by atoms with Crippen LogP contribution in [0, 0.1) is 0 Å². The fraction of sp³-hybridized carbons (Fsp3) is 0.611. The summed E-state index contributed by atoms with van der Waals surface area (Å²) in [4.78, 5) is 7.63. The van der Waals surface area contributed by atoms with E-state index in [0.29, 0.717) is 38.6 Å². The van der Waals surface area contributed by atoms with E-state index in [1.807, 2.05) is 18.9 Å². The molecule has 1 unspecified atom stereocenters. The van der Waals surface area contributed by atoms with Gasteiger partial charge in [-0.15, -0.1) is 0 Å². The van der Waals surface area contributed by atoms with Crippen molar-refractivity contribution >= 4 is 5.96 Å². The number of alkyl halides is 5. The third-order valence-corrected chi connectivity index (χ3v) is 4.25.